The van der Waals surface area contributed by atoms with Gasteiger partial charge in [0.2, 0.25) is 0 Å². The fraction of sp³-hybridized carbons (Fsp3) is 0.238. The third-order valence-corrected chi connectivity index (χ3v) is 4.86. The van der Waals surface area contributed by atoms with E-state index in [4.69, 9.17) is 0 Å². The number of halogens is 3. The summed E-state index contributed by atoms with van der Waals surface area (Å²) < 4.78 is 39.8. The van der Waals surface area contributed by atoms with Gasteiger partial charge in [0, 0.05) is 18.4 Å². The van der Waals surface area contributed by atoms with Crippen molar-refractivity contribution in [2.75, 3.05) is 11.4 Å². The van der Waals surface area contributed by atoms with E-state index < -0.39 is 29.2 Å². The SMILES string of the molecule is O=C(NC1CC1)c1ccc(N2C=CCN(C(=O)c3ccccc3C(F)(F)F)C2=O)nc1. The Morgan fingerprint density at radius 2 is 1.84 bits per heavy atom. The number of carbonyl (C=O) groups excluding carboxylic acids is 3. The number of anilines is 1. The number of carbonyl (C=O) groups is 3. The molecule has 1 N–H and O–H groups in total. The summed E-state index contributed by atoms with van der Waals surface area (Å²) in [5.41, 5.74) is -1.41. The molecule has 2 aliphatic rings. The number of nitrogens with one attached hydrogen (secondary N) is 1. The summed E-state index contributed by atoms with van der Waals surface area (Å²) >= 11 is 0. The molecule has 0 bridgehead atoms. The van der Waals surface area contributed by atoms with Crippen LogP contribution < -0.4 is 10.2 Å². The summed E-state index contributed by atoms with van der Waals surface area (Å²) in [4.78, 5) is 43.5. The van der Waals surface area contributed by atoms with Gasteiger partial charge in [0.25, 0.3) is 11.8 Å². The lowest BCUT2D eigenvalue weighted by molar-refractivity contribution is -0.138. The van der Waals surface area contributed by atoms with Crippen molar-refractivity contribution in [3.05, 3.63) is 71.6 Å². The molecule has 4 amide bonds. The van der Waals surface area contributed by atoms with E-state index in [0.717, 1.165) is 29.9 Å². The van der Waals surface area contributed by atoms with E-state index in [2.05, 4.69) is 10.3 Å². The number of amides is 4. The van der Waals surface area contributed by atoms with Crippen LogP contribution in [0, 0.1) is 0 Å². The highest BCUT2D eigenvalue weighted by atomic mass is 19.4. The molecule has 10 heteroatoms. The highest BCUT2D eigenvalue weighted by Crippen LogP contribution is 2.33. The van der Waals surface area contributed by atoms with Gasteiger partial charge < -0.3 is 5.32 Å². The zero-order valence-corrected chi connectivity index (χ0v) is 16.1. The minimum Gasteiger partial charge on any atom is -0.349 e. The van der Waals surface area contributed by atoms with Crippen LogP contribution in [0.4, 0.5) is 23.8 Å². The fourth-order valence-electron chi connectivity index (χ4n) is 3.10. The number of hydrogen-bond acceptors (Lipinski definition) is 4. The monoisotopic (exact) mass is 430 g/mol. The average Bonchev–Trinajstić information content (AvgIpc) is 3.57. The normalized spacial score (nSPS) is 16.4. The van der Waals surface area contributed by atoms with E-state index in [1.165, 1.54) is 42.7 Å². The summed E-state index contributed by atoms with van der Waals surface area (Å²) in [6.07, 6.45) is 1.28. The Bertz CT molecular complexity index is 1060. The van der Waals surface area contributed by atoms with Gasteiger partial charge >= 0.3 is 12.2 Å². The van der Waals surface area contributed by atoms with Crippen LogP contribution in [0.25, 0.3) is 0 Å². The zero-order chi connectivity index (χ0) is 22.2. The fourth-order valence-corrected chi connectivity index (χ4v) is 3.10. The molecule has 1 aromatic carbocycles. The van der Waals surface area contributed by atoms with Gasteiger partial charge in [-0.1, -0.05) is 12.1 Å². The lowest BCUT2D eigenvalue weighted by atomic mass is 10.1. The van der Waals surface area contributed by atoms with Crippen LogP contribution in [0.1, 0.15) is 39.1 Å². The number of aromatic nitrogens is 1. The molecule has 0 saturated heterocycles. The first kappa shape index (κ1) is 20.6. The smallest absolute Gasteiger partial charge is 0.349 e. The standard InChI is InChI=1S/C21H17F3N4O3/c22-21(23,24)16-5-2-1-4-15(16)19(30)28-11-3-10-27(20(28)31)17-9-6-13(12-25-17)18(29)26-14-7-8-14/h1-6,9-10,12,14H,7-8,11H2,(H,26,29). The lowest BCUT2D eigenvalue weighted by Crippen LogP contribution is -2.47. The number of imide groups is 1. The first-order valence-corrected chi connectivity index (χ1v) is 9.50. The maximum Gasteiger partial charge on any atom is 0.417 e. The minimum absolute atomic E-state index is 0.130. The Hall–Kier alpha value is -3.69. The number of benzene rings is 1. The van der Waals surface area contributed by atoms with Crippen molar-refractivity contribution in [1.29, 1.82) is 0 Å². The van der Waals surface area contributed by atoms with Crippen molar-refractivity contribution in [2.24, 2.45) is 0 Å². The highest BCUT2D eigenvalue weighted by molar-refractivity contribution is 6.10. The van der Waals surface area contributed by atoms with E-state index in [-0.39, 0.29) is 24.3 Å². The first-order valence-electron chi connectivity index (χ1n) is 9.50. The molecule has 1 aromatic heterocycles. The molecular weight excluding hydrogens is 413 g/mol. The number of alkyl halides is 3. The number of hydrogen-bond donors (Lipinski definition) is 1. The van der Waals surface area contributed by atoms with Gasteiger partial charge in [-0.05, 0) is 43.2 Å². The van der Waals surface area contributed by atoms with E-state index in [1.807, 2.05) is 0 Å². The topological polar surface area (TPSA) is 82.6 Å². The van der Waals surface area contributed by atoms with E-state index in [1.54, 1.807) is 0 Å². The first-order chi connectivity index (χ1) is 14.8. The molecule has 0 radical (unpaired) electrons. The average molecular weight is 430 g/mol. The van der Waals surface area contributed by atoms with Gasteiger partial charge in [-0.15, -0.1) is 0 Å². The lowest BCUT2D eigenvalue weighted by Gasteiger charge is -2.30. The molecule has 7 nitrogen and oxygen atoms in total. The zero-order valence-electron chi connectivity index (χ0n) is 16.1. The van der Waals surface area contributed by atoms with Crippen LogP contribution >= 0.6 is 0 Å². The van der Waals surface area contributed by atoms with Gasteiger partial charge in [-0.2, -0.15) is 13.2 Å². The predicted molar refractivity (Wildman–Crippen MR) is 104 cm³/mol. The third kappa shape index (κ3) is 4.27. The summed E-state index contributed by atoms with van der Waals surface area (Å²) in [7, 11) is 0. The van der Waals surface area contributed by atoms with Gasteiger partial charge in [0.15, 0.2) is 0 Å². The van der Waals surface area contributed by atoms with Crippen LogP contribution in [-0.4, -0.2) is 40.3 Å². The van der Waals surface area contributed by atoms with Crippen LogP contribution in [0.5, 0.6) is 0 Å². The molecule has 4 rings (SSSR count). The van der Waals surface area contributed by atoms with Gasteiger partial charge in [0.05, 0.1) is 23.2 Å². The predicted octanol–water partition coefficient (Wildman–Crippen LogP) is 3.59. The van der Waals surface area contributed by atoms with E-state index in [0.29, 0.717) is 10.5 Å². The number of nitrogens with zero attached hydrogens (tertiary/aromatic N) is 3. The molecule has 2 heterocycles. The Labute approximate surface area is 175 Å². The van der Waals surface area contributed by atoms with E-state index >= 15 is 0 Å². The van der Waals surface area contributed by atoms with Gasteiger partial charge in [-0.25, -0.2) is 9.78 Å². The Morgan fingerprint density at radius 1 is 1.10 bits per heavy atom. The maximum absolute atomic E-state index is 13.3. The number of pyridine rings is 1. The number of urea groups is 1. The molecule has 1 aliphatic carbocycles. The van der Waals surface area contributed by atoms with Gasteiger partial charge in [-0.3, -0.25) is 19.4 Å². The molecule has 0 atom stereocenters. The second kappa shape index (κ2) is 7.86. The molecule has 0 spiro atoms. The molecule has 160 valence electrons. The summed E-state index contributed by atoms with van der Waals surface area (Å²) in [6, 6.07) is 6.56. The minimum atomic E-state index is -4.74. The second-order valence-corrected chi connectivity index (χ2v) is 7.15. The summed E-state index contributed by atoms with van der Waals surface area (Å²) in [6.45, 7) is -0.178. The van der Waals surface area contributed by atoms with Crippen molar-refractivity contribution >= 4 is 23.7 Å². The molecular formula is C21H17F3N4O3. The third-order valence-electron chi connectivity index (χ3n) is 4.86. The van der Waals surface area contributed by atoms with Crippen LogP contribution in [0.3, 0.4) is 0 Å². The van der Waals surface area contributed by atoms with Crippen molar-refractivity contribution in [1.82, 2.24) is 15.2 Å². The summed E-state index contributed by atoms with van der Waals surface area (Å²) in [5.74, 6) is -1.21. The van der Waals surface area contributed by atoms with Crippen molar-refractivity contribution < 1.29 is 27.6 Å². The largest absolute Gasteiger partial charge is 0.417 e. The Balaban J connectivity index is 1.55. The second-order valence-electron chi connectivity index (χ2n) is 7.15. The maximum atomic E-state index is 13.3. The van der Waals surface area contributed by atoms with Crippen LogP contribution in [0.15, 0.2) is 54.9 Å². The van der Waals surface area contributed by atoms with Crippen molar-refractivity contribution in [3.63, 3.8) is 0 Å². The van der Waals surface area contributed by atoms with Gasteiger partial charge in [0.1, 0.15) is 5.82 Å². The molecule has 31 heavy (non-hydrogen) atoms. The Morgan fingerprint density at radius 3 is 2.48 bits per heavy atom. The van der Waals surface area contributed by atoms with E-state index in [9.17, 15) is 27.6 Å². The number of rotatable bonds is 4. The summed E-state index contributed by atoms with van der Waals surface area (Å²) in [5, 5.41) is 2.82. The molecule has 0 unspecified atom stereocenters. The Kier molecular flexibility index (Phi) is 5.22. The molecule has 1 saturated carbocycles. The molecule has 2 aromatic rings. The van der Waals surface area contributed by atoms with Crippen LogP contribution in [0.2, 0.25) is 0 Å². The highest BCUT2D eigenvalue weighted by Gasteiger charge is 2.38. The van der Waals surface area contributed by atoms with Crippen molar-refractivity contribution in [2.45, 2.75) is 25.1 Å². The van der Waals surface area contributed by atoms with Crippen LogP contribution in [-0.2, 0) is 6.18 Å². The molecule has 1 aliphatic heterocycles. The quantitative estimate of drug-likeness (QED) is 0.804. The van der Waals surface area contributed by atoms with Crippen molar-refractivity contribution in [3.8, 4) is 0 Å². The molecule has 1 fully saturated rings.